The molecule has 1 unspecified atom stereocenters. The normalized spacial score (nSPS) is 18.6. The fraction of sp³-hybridized carbons (Fsp3) is 0.400. The number of thiazole rings is 1. The molecule has 1 atom stereocenters. The SMILES string of the molecule is NCCC1CCCc2sc(-c3ccccc3)nc21. The topological polar surface area (TPSA) is 38.9 Å². The molecular formula is C15H18N2S. The summed E-state index contributed by atoms with van der Waals surface area (Å²) in [5.74, 6) is 0.590. The largest absolute Gasteiger partial charge is 0.330 e. The number of hydrogen-bond acceptors (Lipinski definition) is 3. The van der Waals surface area contributed by atoms with Crippen LogP contribution in [0.4, 0.5) is 0 Å². The second-order valence-corrected chi connectivity index (χ2v) is 5.94. The van der Waals surface area contributed by atoms with Crippen LogP contribution in [0.25, 0.3) is 10.6 Å². The van der Waals surface area contributed by atoms with Gasteiger partial charge in [-0.25, -0.2) is 4.98 Å². The maximum Gasteiger partial charge on any atom is 0.123 e. The van der Waals surface area contributed by atoms with E-state index in [0.717, 1.165) is 13.0 Å². The number of nitrogens with zero attached hydrogens (tertiary/aromatic N) is 1. The molecule has 1 aromatic heterocycles. The molecule has 0 amide bonds. The predicted octanol–water partition coefficient (Wildman–Crippen LogP) is 3.58. The minimum absolute atomic E-state index is 0.590. The number of aryl methyl sites for hydroxylation is 1. The van der Waals surface area contributed by atoms with E-state index in [1.807, 2.05) is 17.4 Å². The van der Waals surface area contributed by atoms with Crippen molar-refractivity contribution in [3.8, 4) is 10.6 Å². The van der Waals surface area contributed by atoms with Crippen LogP contribution < -0.4 is 5.73 Å². The van der Waals surface area contributed by atoms with Gasteiger partial charge in [-0.3, -0.25) is 0 Å². The van der Waals surface area contributed by atoms with Gasteiger partial charge in [-0.1, -0.05) is 30.3 Å². The summed E-state index contributed by atoms with van der Waals surface area (Å²) in [6.45, 7) is 0.766. The molecule has 0 saturated heterocycles. The highest BCUT2D eigenvalue weighted by Crippen LogP contribution is 2.39. The first kappa shape index (κ1) is 11.9. The van der Waals surface area contributed by atoms with Crippen molar-refractivity contribution < 1.29 is 0 Å². The summed E-state index contributed by atoms with van der Waals surface area (Å²) in [5, 5.41) is 1.17. The zero-order valence-corrected chi connectivity index (χ0v) is 11.2. The van der Waals surface area contributed by atoms with E-state index in [4.69, 9.17) is 10.7 Å². The third-order valence-corrected chi connectivity index (χ3v) is 4.79. The minimum atomic E-state index is 0.590. The molecule has 0 radical (unpaired) electrons. The molecule has 0 aliphatic heterocycles. The van der Waals surface area contributed by atoms with Gasteiger partial charge in [0.2, 0.25) is 0 Å². The number of benzene rings is 1. The summed E-state index contributed by atoms with van der Waals surface area (Å²) in [4.78, 5) is 6.37. The van der Waals surface area contributed by atoms with Crippen molar-refractivity contribution in [3.05, 3.63) is 40.9 Å². The highest BCUT2D eigenvalue weighted by molar-refractivity contribution is 7.15. The fourth-order valence-electron chi connectivity index (χ4n) is 2.69. The van der Waals surface area contributed by atoms with Crippen LogP contribution in [0.3, 0.4) is 0 Å². The van der Waals surface area contributed by atoms with E-state index in [9.17, 15) is 0 Å². The molecule has 2 nitrogen and oxygen atoms in total. The zero-order chi connectivity index (χ0) is 12.4. The van der Waals surface area contributed by atoms with Gasteiger partial charge in [0.15, 0.2) is 0 Å². The monoisotopic (exact) mass is 258 g/mol. The second kappa shape index (κ2) is 5.21. The van der Waals surface area contributed by atoms with Gasteiger partial charge in [-0.2, -0.15) is 0 Å². The quantitative estimate of drug-likeness (QED) is 0.914. The molecular weight excluding hydrogens is 240 g/mol. The smallest absolute Gasteiger partial charge is 0.123 e. The Morgan fingerprint density at radius 3 is 2.89 bits per heavy atom. The molecule has 3 heteroatoms. The van der Waals surface area contributed by atoms with Crippen LogP contribution in [-0.2, 0) is 6.42 Å². The number of nitrogens with two attached hydrogens (primary N) is 1. The molecule has 3 rings (SSSR count). The number of hydrogen-bond donors (Lipinski definition) is 1. The van der Waals surface area contributed by atoms with Gasteiger partial charge in [-0.05, 0) is 32.2 Å². The van der Waals surface area contributed by atoms with Crippen molar-refractivity contribution in [2.24, 2.45) is 5.73 Å². The first-order valence-electron chi connectivity index (χ1n) is 6.63. The molecule has 1 aliphatic carbocycles. The summed E-state index contributed by atoms with van der Waals surface area (Å²) < 4.78 is 0. The third kappa shape index (κ3) is 2.20. The van der Waals surface area contributed by atoms with Crippen LogP contribution in [0.5, 0.6) is 0 Å². The third-order valence-electron chi connectivity index (χ3n) is 3.61. The van der Waals surface area contributed by atoms with E-state index in [1.54, 1.807) is 0 Å². The van der Waals surface area contributed by atoms with E-state index < -0.39 is 0 Å². The number of rotatable bonds is 3. The molecule has 0 fully saturated rings. The van der Waals surface area contributed by atoms with E-state index in [0.29, 0.717) is 5.92 Å². The molecule has 0 bridgehead atoms. The average molecular weight is 258 g/mol. The fourth-order valence-corrected chi connectivity index (χ4v) is 3.89. The molecule has 1 aromatic carbocycles. The van der Waals surface area contributed by atoms with Crippen molar-refractivity contribution in [3.63, 3.8) is 0 Å². The predicted molar refractivity (Wildman–Crippen MR) is 76.9 cm³/mol. The molecule has 0 spiro atoms. The van der Waals surface area contributed by atoms with Crippen LogP contribution in [-0.4, -0.2) is 11.5 Å². The van der Waals surface area contributed by atoms with Crippen LogP contribution >= 0.6 is 11.3 Å². The van der Waals surface area contributed by atoms with Gasteiger partial charge in [0.25, 0.3) is 0 Å². The molecule has 1 aliphatic rings. The Hall–Kier alpha value is -1.19. The molecule has 1 heterocycles. The van der Waals surface area contributed by atoms with Crippen molar-refractivity contribution in [2.75, 3.05) is 6.54 Å². The Morgan fingerprint density at radius 2 is 2.11 bits per heavy atom. The molecule has 18 heavy (non-hydrogen) atoms. The van der Waals surface area contributed by atoms with E-state index in [2.05, 4.69) is 24.3 Å². The van der Waals surface area contributed by atoms with Gasteiger partial charge in [0.05, 0.1) is 5.69 Å². The summed E-state index contributed by atoms with van der Waals surface area (Å²) in [5.41, 5.74) is 8.28. The second-order valence-electron chi connectivity index (χ2n) is 4.86. The van der Waals surface area contributed by atoms with Gasteiger partial charge >= 0.3 is 0 Å². The van der Waals surface area contributed by atoms with Crippen LogP contribution in [0.2, 0.25) is 0 Å². The number of fused-ring (bicyclic) bond motifs is 1. The van der Waals surface area contributed by atoms with Gasteiger partial charge < -0.3 is 5.73 Å². The lowest BCUT2D eigenvalue weighted by Crippen LogP contribution is -2.13. The Morgan fingerprint density at radius 1 is 1.28 bits per heavy atom. The standard InChI is InChI=1S/C15H18N2S/c16-10-9-11-7-4-8-13-14(11)17-15(18-13)12-5-2-1-3-6-12/h1-3,5-6,11H,4,7-10,16H2. The summed E-state index contributed by atoms with van der Waals surface area (Å²) >= 11 is 1.87. The lowest BCUT2D eigenvalue weighted by atomic mass is 9.88. The molecule has 2 N–H and O–H groups in total. The van der Waals surface area contributed by atoms with Gasteiger partial charge in [0.1, 0.15) is 5.01 Å². The first-order valence-corrected chi connectivity index (χ1v) is 7.45. The van der Waals surface area contributed by atoms with Gasteiger partial charge in [0, 0.05) is 16.4 Å². The molecule has 2 aromatic rings. The van der Waals surface area contributed by atoms with Crippen molar-refractivity contribution >= 4 is 11.3 Å². The van der Waals surface area contributed by atoms with Crippen molar-refractivity contribution in [2.45, 2.75) is 31.6 Å². The van der Waals surface area contributed by atoms with Gasteiger partial charge in [-0.15, -0.1) is 11.3 Å². The van der Waals surface area contributed by atoms with Crippen molar-refractivity contribution in [1.29, 1.82) is 0 Å². The van der Waals surface area contributed by atoms with Crippen LogP contribution in [0.1, 0.15) is 35.8 Å². The zero-order valence-electron chi connectivity index (χ0n) is 10.4. The summed E-state index contributed by atoms with van der Waals surface area (Å²) in [7, 11) is 0. The maximum absolute atomic E-state index is 5.71. The highest BCUT2D eigenvalue weighted by atomic mass is 32.1. The maximum atomic E-state index is 5.71. The van der Waals surface area contributed by atoms with E-state index >= 15 is 0 Å². The summed E-state index contributed by atoms with van der Waals surface area (Å²) in [6, 6.07) is 10.5. The lowest BCUT2D eigenvalue weighted by molar-refractivity contribution is 0.520. The first-order chi connectivity index (χ1) is 8.88. The van der Waals surface area contributed by atoms with Crippen LogP contribution in [0.15, 0.2) is 30.3 Å². The highest BCUT2D eigenvalue weighted by Gasteiger charge is 2.24. The minimum Gasteiger partial charge on any atom is -0.330 e. The Labute approximate surface area is 112 Å². The lowest BCUT2D eigenvalue weighted by Gasteiger charge is -2.19. The number of aromatic nitrogens is 1. The molecule has 0 saturated carbocycles. The summed E-state index contributed by atoms with van der Waals surface area (Å²) in [6.07, 6.45) is 4.81. The Bertz CT molecular complexity index is 519. The molecule has 94 valence electrons. The Balaban J connectivity index is 1.96. The van der Waals surface area contributed by atoms with Crippen LogP contribution in [0, 0.1) is 0 Å². The van der Waals surface area contributed by atoms with E-state index in [-0.39, 0.29) is 0 Å². The Kier molecular flexibility index (Phi) is 3.43. The van der Waals surface area contributed by atoms with E-state index in [1.165, 1.54) is 40.4 Å². The van der Waals surface area contributed by atoms with Crippen molar-refractivity contribution in [1.82, 2.24) is 4.98 Å². The average Bonchev–Trinajstić information content (AvgIpc) is 2.85.